The largest absolute Gasteiger partial charge is 0.334 e. The molecule has 0 aromatic heterocycles. The van der Waals surface area contributed by atoms with Crippen LogP contribution in [0.5, 0.6) is 0 Å². The number of rotatable bonds is 8. The van der Waals surface area contributed by atoms with Gasteiger partial charge in [0.15, 0.2) is 0 Å². The molecular weight excluding hydrogens is 500 g/mol. The van der Waals surface area contributed by atoms with E-state index in [2.05, 4.69) is 5.32 Å². The smallest absolute Gasteiger partial charge is 0.333 e. The number of hydrogen-bond acceptors (Lipinski definition) is 5. The molecule has 11 heteroatoms. The van der Waals surface area contributed by atoms with Crippen molar-refractivity contribution in [1.82, 2.24) is 25.1 Å². The highest BCUT2D eigenvalue weighted by Crippen LogP contribution is 2.29. The lowest BCUT2D eigenvalue weighted by Gasteiger charge is -2.55. The second kappa shape index (κ2) is 11.9. The number of nitrogens with one attached hydrogen (secondary N) is 1. The van der Waals surface area contributed by atoms with Crippen LogP contribution in [0.25, 0.3) is 0 Å². The molecule has 2 aliphatic heterocycles. The summed E-state index contributed by atoms with van der Waals surface area (Å²) in [6, 6.07) is 11.5. The van der Waals surface area contributed by atoms with Gasteiger partial charge >= 0.3 is 6.03 Å². The summed E-state index contributed by atoms with van der Waals surface area (Å²) >= 11 is 1.55. The summed E-state index contributed by atoms with van der Waals surface area (Å²) in [5, 5.41) is 6.11. The van der Waals surface area contributed by atoms with Gasteiger partial charge in [-0.2, -0.15) is 11.8 Å². The number of piperazine rings is 1. The normalized spacial score (nSPS) is 20.3. The Morgan fingerprint density at radius 2 is 1.89 bits per heavy atom. The summed E-state index contributed by atoms with van der Waals surface area (Å²) in [6.07, 6.45) is 1.55. The Morgan fingerprint density at radius 3 is 2.57 bits per heavy atom. The number of halogens is 2. The first-order chi connectivity index (χ1) is 17.8. The van der Waals surface area contributed by atoms with Crippen molar-refractivity contribution in [1.29, 1.82) is 0 Å². The fraction of sp³-hybridized carbons (Fsp3) is 0.423. The molecule has 0 spiro atoms. The van der Waals surface area contributed by atoms with Gasteiger partial charge in [-0.3, -0.25) is 9.59 Å². The summed E-state index contributed by atoms with van der Waals surface area (Å²) in [7, 11) is 0. The summed E-state index contributed by atoms with van der Waals surface area (Å²) < 4.78 is 27.9. The van der Waals surface area contributed by atoms with Gasteiger partial charge in [-0.1, -0.05) is 43.3 Å². The molecule has 1 N–H and O–H groups in total. The molecule has 4 rings (SSSR count). The standard InChI is InChI=1S/C26H31F2N5O3S/c1-3-31-17-24(34)32-22(11-12-37-2)25(35)30(15-19-9-10-20(27)13-21(19)28)16-23(32)33(31)26(36)29-14-18-7-5-4-6-8-18/h4-10,13,22-23H,3,11-12,14-17H2,1-2H3,(H,29,36)/t22-,23-/m0/s1. The van der Waals surface area contributed by atoms with E-state index in [-0.39, 0.29) is 43.0 Å². The molecule has 2 atom stereocenters. The molecule has 2 aliphatic rings. The van der Waals surface area contributed by atoms with Crippen molar-refractivity contribution < 1.29 is 23.2 Å². The molecule has 2 aromatic carbocycles. The Hall–Kier alpha value is -3.18. The molecule has 4 amide bonds. The van der Waals surface area contributed by atoms with Crippen LogP contribution in [-0.2, 0) is 22.7 Å². The van der Waals surface area contributed by atoms with Crippen molar-refractivity contribution in [2.75, 3.05) is 31.6 Å². The lowest BCUT2D eigenvalue weighted by molar-refractivity contribution is -0.190. The molecule has 37 heavy (non-hydrogen) atoms. The molecule has 2 aromatic rings. The van der Waals surface area contributed by atoms with Crippen LogP contribution in [0.3, 0.4) is 0 Å². The van der Waals surface area contributed by atoms with Crippen LogP contribution < -0.4 is 5.32 Å². The van der Waals surface area contributed by atoms with E-state index in [4.69, 9.17) is 0 Å². The molecule has 8 nitrogen and oxygen atoms in total. The van der Waals surface area contributed by atoms with Crippen molar-refractivity contribution in [2.24, 2.45) is 0 Å². The van der Waals surface area contributed by atoms with Gasteiger partial charge in [0.1, 0.15) is 23.8 Å². The van der Waals surface area contributed by atoms with Crippen molar-refractivity contribution in [3.63, 3.8) is 0 Å². The third-order valence-electron chi connectivity index (χ3n) is 6.66. The number of hydrogen-bond donors (Lipinski definition) is 1. The molecule has 0 unspecified atom stereocenters. The topological polar surface area (TPSA) is 76.2 Å². The maximum Gasteiger partial charge on any atom is 0.334 e. The summed E-state index contributed by atoms with van der Waals surface area (Å²) in [5.74, 6) is -1.36. The van der Waals surface area contributed by atoms with Crippen molar-refractivity contribution in [2.45, 2.75) is 38.6 Å². The maximum atomic E-state index is 14.5. The predicted molar refractivity (Wildman–Crippen MR) is 137 cm³/mol. The SMILES string of the molecule is CCN1CC(=O)N2[C@@H](CCSC)C(=O)N(Cc3ccc(F)cc3F)C[C@@H]2N1C(=O)NCc1ccccc1. The number of thioether (sulfide) groups is 1. The van der Waals surface area contributed by atoms with Gasteiger partial charge in [0, 0.05) is 31.3 Å². The van der Waals surface area contributed by atoms with Crippen molar-refractivity contribution in [3.8, 4) is 0 Å². The Bertz CT molecular complexity index is 1140. The number of carbonyl (C=O) groups is 3. The number of urea groups is 1. The zero-order chi connectivity index (χ0) is 26.5. The Kier molecular flexibility index (Phi) is 8.65. The number of carbonyl (C=O) groups excluding carboxylic acids is 3. The van der Waals surface area contributed by atoms with Gasteiger partial charge in [-0.15, -0.1) is 0 Å². The van der Waals surface area contributed by atoms with Crippen LogP contribution in [0.15, 0.2) is 48.5 Å². The molecule has 0 saturated carbocycles. The lowest BCUT2D eigenvalue weighted by Crippen LogP contribution is -2.76. The average molecular weight is 532 g/mol. The van der Waals surface area contributed by atoms with Crippen LogP contribution in [0.4, 0.5) is 13.6 Å². The zero-order valence-corrected chi connectivity index (χ0v) is 21.7. The van der Waals surface area contributed by atoms with Gasteiger partial charge in [0.05, 0.1) is 13.1 Å². The first-order valence-corrected chi connectivity index (χ1v) is 13.6. The van der Waals surface area contributed by atoms with Crippen LogP contribution in [0, 0.1) is 11.6 Å². The fourth-order valence-electron chi connectivity index (χ4n) is 4.82. The first kappa shape index (κ1) is 26.9. The highest BCUT2D eigenvalue weighted by molar-refractivity contribution is 7.98. The van der Waals surface area contributed by atoms with E-state index in [1.54, 1.807) is 16.8 Å². The Balaban J connectivity index is 1.64. The number of amides is 4. The van der Waals surface area contributed by atoms with Crippen LogP contribution in [0.2, 0.25) is 0 Å². The Labute approximate surface area is 219 Å². The molecule has 2 heterocycles. The summed E-state index contributed by atoms with van der Waals surface area (Å²) in [6.45, 7) is 2.45. The predicted octanol–water partition coefficient (Wildman–Crippen LogP) is 3.05. The molecule has 0 bridgehead atoms. The third-order valence-corrected chi connectivity index (χ3v) is 7.31. The van der Waals surface area contributed by atoms with E-state index in [0.717, 1.165) is 17.7 Å². The lowest BCUT2D eigenvalue weighted by atomic mass is 10.0. The van der Waals surface area contributed by atoms with Gasteiger partial charge < -0.3 is 15.1 Å². The van der Waals surface area contributed by atoms with E-state index in [1.807, 2.05) is 43.5 Å². The highest BCUT2D eigenvalue weighted by Gasteiger charge is 2.50. The van der Waals surface area contributed by atoms with Gasteiger partial charge in [-0.25, -0.2) is 23.6 Å². The fourth-order valence-corrected chi connectivity index (χ4v) is 5.28. The van der Waals surface area contributed by atoms with Crippen molar-refractivity contribution in [3.05, 3.63) is 71.3 Å². The summed E-state index contributed by atoms with van der Waals surface area (Å²) in [4.78, 5) is 43.3. The minimum atomic E-state index is -0.786. The van der Waals surface area contributed by atoms with Crippen LogP contribution in [-0.4, -0.2) is 81.5 Å². The number of hydrazine groups is 1. The number of likely N-dealkylation sites (N-methyl/N-ethyl adjacent to an activating group) is 1. The number of fused-ring (bicyclic) bond motifs is 1. The van der Waals surface area contributed by atoms with Gasteiger partial charge in [0.25, 0.3) is 0 Å². The quantitative estimate of drug-likeness (QED) is 0.567. The van der Waals surface area contributed by atoms with E-state index in [1.165, 1.54) is 20.9 Å². The zero-order valence-electron chi connectivity index (χ0n) is 20.9. The molecule has 0 radical (unpaired) electrons. The van der Waals surface area contributed by atoms with E-state index in [9.17, 15) is 23.2 Å². The first-order valence-electron chi connectivity index (χ1n) is 12.2. The minimum absolute atomic E-state index is 0.00636. The van der Waals surface area contributed by atoms with Crippen molar-refractivity contribution >= 4 is 29.6 Å². The molecule has 2 saturated heterocycles. The summed E-state index contributed by atoms with van der Waals surface area (Å²) in [5.41, 5.74) is 1.09. The van der Waals surface area contributed by atoms with E-state index >= 15 is 0 Å². The van der Waals surface area contributed by atoms with E-state index in [0.29, 0.717) is 25.3 Å². The van der Waals surface area contributed by atoms with Crippen LogP contribution >= 0.6 is 11.8 Å². The highest BCUT2D eigenvalue weighted by atomic mass is 32.2. The second-order valence-corrected chi connectivity index (χ2v) is 9.99. The second-order valence-electron chi connectivity index (χ2n) is 9.00. The van der Waals surface area contributed by atoms with Gasteiger partial charge in [-0.05, 0) is 30.1 Å². The monoisotopic (exact) mass is 531 g/mol. The number of benzene rings is 2. The molecule has 0 aliphatic carbocycles. The van der Waals surface area contributed by atoms with Crippen LogP contribution in [0.1, 0.15) is 24.5 Å². The Morgan fingerprint density at radius 1 is 1.14 bits per heavy atom. The molecule has 2 fully saturated rings. The molecule has 198 valence electrons. The van der Waals surface area contributed by atoms with Gasteiger partial charge in [0.2, 0.25) is 11.8 Å². The van der Waals surface area contributed by atoms with E-state index < -0.39 is 23.8 Å². The average Bonchev–Trinajstić information content (AvgIpc) is 2.89. The minimum Gasteiger partial charge on any atom is -0.333 e. The third kappa shape index (κ3) is 5.88. The maximum absolute atomic E-state index is 14.5. The number of nitrogens with zero attached hydrogens (tertiary/aromatic N) is 4. The molecular formula is C26H31F2N5O3S.